The number of likely N-dealkylation sites (N-methyl/N-ethyl adjacent to an activating group) is 1. The Labute approximate surface area is 122 Å². The maximum atomic E-state index is 10.6. The van der Waals surface area contributed by atoms with Gasteiger partial charge in [0, 0.05) is 19.1 Å². The first-order valence-corrected chi connectivity index (χ1v) is 7.45. The van der Waals surface area contributed by atoms with Crippen molar-refractivity contribution in [1.29, 1.82) is 0 Å². The molecule has 0 radical (unpaired) electrons. The van der Waals surface area contributed by atoms with E-state index in [0.717, 1.165) is 36.3 Å². The first-order chi connectivity index (χ1) is 9.00. The molecule has 6 heteroatoms. The van der Waals surface area contributed by atoms with Crippen molar-refractivity contribution in [3.05, 3.63) is 16.4 Å². The average molecular weight is 332 g/mol. The van der Waals surface area contributed by atoms with Crippen LogP contribution in [0.3, 0.4) is 0 Å². The number of hydrogen-bond acceptors (Lipinski definition) is 4. The number of ether oxygens (including phenoxy) is 1. The minimum absolute atomic E-state index is 0.0964. The van der Waals surface area contributed by atoms with Gasteiger partial charge in [-0.2, -0.15) is 5.10 Å². The molecule has 0 saturated carbocycles. The third-order valence-corrected chi connectivity index (χ3v) is 4.32. The molecule has 0 bridgehead atoms. The molecular weight excluding hydrogens is 310 g/mol. The van der Waals surface area contributed by atoms with E-state index in [4.69, 9.17) is 4.74 Å². The van der Waals surface area contributed by atoms with Crippen LogP contribution >= 0.6 is 15.9 Å². The molecule has 0 spiro atoms. The van der Waals surface area contributed by atoms with Gasteiger partial charge in [0.25, 0.3) is 0 Å². The summed E-state index contributed by atoms with van der Waals surface area (Å²) in [6, 6.07) is 0. The topological polar surface area (TPSA) is 50.5 Å². The summed E-state index contributed by atoms with van der Waals surface area (Å²) in [5.41, 5.74) is 0.865. The lowest BCUT2D eigenvalue weighted by Crippen LogP contribution is -2.25. The van der Waals surface area contributed by atoms with Crippen LogP contribution in [0.1, 0.15) is 25.1 Å². The van der Waals surface area contributed by atoms with E-state index in [-0.39, 0.29) is 12.0 Å². The van der Waals surface area contributed by atoms with E-state index in [1.165, 1.54) is 0 Å². The smallest absolute Gasteiger partial charge is 0.102 e. The van der Waals surface area contributed by atoms with Crippen molar-refractivity contribution in [3.8, 4) is 0 Å². The molecule has 2 heterocycles. The largest absolute Gasteiger partial charge is 0.386 e. The predicted octanol–water partition coefficient (Wildman–Crippen LogP) is 1.67. The third kappa shape index (κ3) is 3.37. The summed E-state index contributed by atoms with van der Waals surface area (Å²) >= 11 is 3.49. The highest BCUT2D eigenvalue weighted by molar-refractivity contribution is 9.10. The SMILES string of the molecule is CC1OCCC1C(O)c1c(Br)cnn1CCN(C)C. The van der Waals surface area contributed by atoms with Gasteiger partial charge in [-0.1, -0.05) is 0 Å². The number of hydrogen-bond donors (Lipinski definition) is 1. The number of nitrogens with zero attached hydrogens (tertiary/aromatic N) is 3. The average Bonchev–Trinajstić information content (AvgIpc) is 2.92. The summed E-state index contributed by atoms with van der Waals surface area (Å²) in [5, 5.41) is 15.0. The molecule has 5 nitrogen and oxygen atoms in total. The lowest BCUT2D eigenvalue weighted by Gasteiger charge is -2.23. The van der Waals surface area contributed by atoms with Crippen LogP contribution in [0.5, 0.6) is 0 Å². The second kappa shape index (κ2) is 6.35. The molecule has 1 aliphatic heterocycles. The van der Waals surface area contributed by atoms with Gasteiger partial charge >= 0.3 is 0 Å². The Balaban J connectivity index is 2.15. The first-order valence-electron chi connectivity index (χ1n) is 6.66. The Bertz CT molecular complexity index is 422. The lowest BCUT2D eigenvalue weighted by molar-refractivity contribution is 0.0381. The monoisotopic (exact) mass is 331 g/mol. The zero-order valence-electron chi connectivity index (χ0n) is 11.7. The van der Waals surface area contributed by atoms with E-state index in [1.54, 1.807) is 6.20 Å². The molecule has 1 aromatic heterocycles. The summed E-state index contributed by atoms with van der Waals surface area (Å²) < 4.78 is 8.31. The van der Waals surface area contributed by atoms with Crippen LogP contribution < -0.4 is 0 Å². The van der Waals surface area contributed by atoms with Crippen molar-refractivity contribution < 1.29 is 9.84 Å². The molecule has 0 aromatic carbocycles. The van der Waals surface area contributed by atoms with E-state index in [9.17, 15) is 5.11 Å². The van der Waals surface area contributed by atoms with Crippen molar-refractivity contribution >= 4 is 15.9 Å². The molecule has 1 N–H and O–H groups in total. The van der Waals surface area contributed by atoms with Crippen LogP contribution in [-0.4, -0.2) is 53.1 Å². The Hall–Kier alpha value is -0.430. The van der Waals surface area contributed by atoms with Gasteiger partial charge in [0.15, 0.2) is 0 Å². The molecular formula is C13H22BrN3O2. The van der Waals surface area contributed by atoms with Gasteiger partial charge in [-0.25, -0.2) is 0 Å². The van der Waals surface area contributed by atoms with Crippen molar-refractivity contribution in [2.24, 2.45) is 5.92 Å². The van der Waals surface area contributed by atoms with E-state index in [0.29, 0.717) is 0 Å². The number of halogens is 1. The fourth-order valence-electron chi connectivity index (χ4n) is 2.50. The Kier molecular flexibility index (Phi) is 5.00. The molecule has 19 heavy (non-hydrogen) atoms. The number of rotatable bonds is 5. The maximum absolute atomic E-state index is 10.6. The molecule has 2 rings (SSSR count). The van der Waals surface area contributed by atoms with E-state index >= 15 is 0 Å². The quantitative estimate of drug-likeness (QED) is 0.891. The summed E-state index contributed by atoms with van der Waals surface area (Å²) in [7, 11) is 4.06. The van der Waals surface area contributed by atoms with Gasteiger partial charge in [-0.05, 0) is 43.4 Å². The Morgan fingerprint density at radius 3 is 2.95 bits per heavy atom. The van der Waals surface area contributed by atoms with Gasteiger partial charge in [0.1, 0.15) is 6.10 Å². The number of aliphatic hydroxyl groups is 1. The number of aromatic nitrogens is 2. The predicted molar refractivity (Wildman–Crippen MR) is 77.0 cm³/mol. The van der Waals surface area contributed by atoms with Crippen LogP contribution in [0.15, 0.2) is 10.7 Å². The summed E-state index contributed by atoms with van der Waals surface area (Å²) in [5.74, 6) is 0.145. The van der Waals surface area contributed by atoms with Crippen LogP contribution in [0.2, 0.25) is 0 Å². The van der Waals surface area contributed by atoms with Crippen molar-refractivity contribution in [2.75, 3.05) is 27.2 Å². The molecule has 0 amide bonds. The van der Waals surface area contributed by atoms with Crippen molar-refractivity contribution in [1.82, 2.24) is 14.7 Å². The van der Waals surface area contributed by atoms with Gasteiger partial charge in [0.2, 0.25) is 0 Å². The second-order valence-corrected chi connectivity index (χ2v) is 6.23. The van der Waals surface area contributed by atoms with E-state index < -0.39 is 6.10 Å². The van der Waals surface area contributed by atoms with Gasteiger partial charge in [-0.3, -0.25) is 4.68 Å². The Morgan fingerprint density at radius 1 is 1.63 bits per heavy atom. The van der Waals surface area contributed by atoms with Crippen molar-refractivity contribution in [2.45, 2.75) is 32.1 Å². The maximum Gasteiger partial charge on any atom is 0.102 e. The summed E-state index contributed by atoms with van der Waals surface area (Å²) in [6.45, 7) is 4.42. The summed E-state index contributed by atoms with van der Waals surface area (Å²) in [4.78, 5) is 2.10. The highest BCUT2D eigenvalue weighted by Crippen LogP contribution is 2.36. The molecule has 108 valence electrons. The molecule has 1 saturated heterocycles. The minimum atomic E-state index is -0.531. The van der Waals surface area contributed by atoms with Gasteiger partial charge < -0.3 is 14.7 Å². The fourth-order valence-corrected chi connectivity index (χ4v) is 3.04. The minimum Gasteiger partial charge on any atom is -0.386 e. The van der Waals surface area contributed by atoms with Crippen LogP contribution in [0, 0.1) is 5.92 Å². The second-order valence-electron chi connectivity index (χ2n) is 5.38. The highest BCUT2D eigenvalue weighted by Gasteiger charge is 2.34. The molecule has 1 aromatic rings. The molecule has 3 unspecified atom stereocenters. The third-order valence-electron chi connectivity index (χ3n) is 3.71. The number of aliphatic hydroxyl groups excluding tert-OH is 1. The van der Waals surface area contributed by atoms with E-state index in [2.05, 4.69) is 25.9 Å². The summed E-state index contributed by atoms with van der Waals surface area (Å²) in [6.07, 6.45) is 2.22. The highest BCUT2D eigenvalue weighted by atomic mass is 79.9. The zero-order valence-corrected chi connectivity index (χ0v) is 13.3. The van der Waals surface area contributed by atoms with Gasteiger partial charge in [0.05, 0.1) is 29.0 Å². The van der Waals surface area contributed by atoms with Crippen LogP contribution in [0.4, 0.5) is 0 Å². The fraction of sp³-hybridized carbons (Fsp3) is 0.769. The molecule has 0 aliphatic carbocycles. The van der Waals surface area contributed by atoms with Crippen molar-refractivity contribution in [3.63, 3.8) is 0 Å². The van der Waals surface area contributed by atoms with E-state index in [1.807, 2.05) is 25.7 Å². The molecule has 3 atom stereocenters. The van der Waals surface area contributed by atoms with Gasteiger partial charge in [-0.15, -0.1) is 0 Å². The molecule has 1 aliphatic rings. The lowest BCUT2D eigenvalue weighted by atomic mass is 9.93. The first kappa shape index (κ1) is 15.0. The van der Waals surface area contributed by atoms with Crippen LogP contribution in [0.25, 0.3) is 0 Å². The zero-order chi connectivity index (χ0) is 14.0. The normalized spacial score (nSPS) is 25.2. The Morgan fingerprint density at radius 2 is 2.37 bits per heavy atom. The van der Waals surface area contributed by atoms with Crippen LogP contribution in [-0.2, 0) is 11.3 Å². The molecule has 1 fully saturated rings. The standard InChI is InChI=1S/C13H22BrN3O2/c1-9-10(4-7-19-9)13(18)12-11(14)8-15-17(12)6-5-16(2)3/h8-10,13,18H,4-7H2,1-3H3.